The minimum Gasteiger partial charge on any atom is -0.381 e. The fourth-order valence-corrected chi connectivity index (χ4v) is 2.18. The molecule has 1 heterocycles. The summed E-state index contributed by atoms with van der Waals surface area (Å²) in [6.45, 7) is 8.73. The minimum atomic E-state index is -0.603. The summed E-state index contributed by atoms with van der Waals surface area (Å²) in [5, 5.41) is 5.63. The second kappa shape index (κ2) is 6.54. The second-order valence-corrected chi connectivity index (χ2v) is 6.53. The van der Waals surface area contributed by atoms with E-state index in [2.05, 4.69) is 10.6 Å². The summed E-state index contributed by atoms with van der Waals surface area (Å²) < 4.78 is 5.28. The average Bonchev–Trinajstić information content (AvgIpc) is 2.37. The van der Waals surface area contributed by atoms with Crippen LogP contribution in [-0.4, -0.2) is 43.2 Å². The first-order valence-corrected chi connectivity index (χ1v) is 7.11. The molecule has 116 valence electrons. The highest BCUT2D eigenvalue weighted by molar-refractivity contribution is 5.90. The fourth-order valence-electron chi connectivity index (χ4n) is 2.18. The third-order valence-electron chi connectivity index (χ3n) is 3.56. The maximum Gasteiger partial charge on any atom is 0.242 e. The molecule has 0 bridgehead atoms. The molecule has 1 atom stereocenters. The Morgan fingerprint density at radius 3 is 2.30 bits per heavy atom. The zero-order valence-electron chi connectivity index (χ0n) is 12.9. The van der Waals surface area contributed by atoms with Crippen LogP contribution in [0.4, 0.5) is 0 Å². The molecular weight excluding hydrogens is 258 g/mol. The fraction of sp³-hybridized carbons (Fsp3) is 0.857. The first-order valence-electron chi connectivity index (χ1n) is 7.11. The normalized spacial score (nSPS) is 20.1. The summed E-state index contributed by atoms with van der Waals surface area (Å²) in [4.78, 5) is 24.4. The summed E-state index contributed by atoms with van der Waals surface area (Å²) in [6, 6.07) is -0.576. The Kier molecular flexibility index (Phi) is 5.53. The molecular formula is C14H27N3O3. The third-order valence-corrected chi connectivity index (χ3v) is 3.56. The number of nitrogens with one attached hydrogen (secondary N) is 2. The highest BCUT2D eigenvalue weighted by Gasteiger charge is 2.39. The van der Waals surface area contributed by atoms with Gasteiger partial charge in [-0.3, -0.25) is 9.59 Å². The summed E-state index contributed by atoms with van der Waals surface area (Å²) in [6.07, 6.45) is 1.20. The summed E-state index contributed by atoms with van der Waals surface area (Å²) >= 11 is 0. The maximum absolute atomic E-state index is 12.4. The lowest BCUT2D eigenvalue weighted by molar-refractivity contribution is -0.139. The van der Waals surface area contributed by atoms with E-state index in [0.717, 1.165) is 0 Å². The number of hydrogen-bond donors (Lipinski definition) is 3. The molecule has 1 unspecified atom stereocenters. The highest BCUT2D eigenvalue weighted by atomic mass is 16.5. The van der Waals surface area contributed by atoms with Crippen LogP contribution in [0.2, 0.25) is 0 Å². The minimum absolute atomic E-state index is 0.153. The number of carbonyl (C=O) groups is 2. The average molecular weight is 285 g/mol. The highest BCUT2D eigenvalue weighted by Crippen LogP contribution is 2.29. The van der Waals surface area contributed by atoms with Crippen molar-refractivity contribution in [2.75, 3.05) is 19.8 Å². The van der Waals surface area contributed by atoms with Gasteiger partial charge in [0.15, 0.2) is 0 Å². The molecule has 0 saturated carbocycles. The van der Waals surface area contributed by atoms with Gasteiger partial charge in [0.1, 0.15) is 6.04 Å². The van der Waals surface area contributed by atoms with Crippen molar-refractivity contribution < 1.29 is 14.3 Å². The van der Waals surface area contributed by atoms with Crippen molar-refractivity contribution in [3.05, 3.63) is 0 Å². The quantitative estimate of drug-likeness (QED) is 0.686. The SMILES string of the molecule is CC(NC(=O)C1(CN)CCOCC1)C(=O)NC(C)(C)C. The van der Waals surface area contributed by atoms with Crippen molar-refractivity contribution in [3.8, 4) is 0 Å². The molecule has 0 radical (unpaired) electrons. The molecule has 1 rings (SSSR count). The van der Waals surface area contributed by atoms with Gasteiger partial charge in [0.2, 0.25) is 11.8 Å². The molecule has 0 aromatic carbocycles. The number of amides is 2. The number of hydrogen-bond acceptors (Lipinski definition) is 4. The number of carbonyl (C=O) groups excluding carboxylic acids is 2. The monoisotopic (exact) mass is 285 g/mol. The van der Waals surface area contributed by atoms with Crippen molar-refractivity contribution in [1.29, 1.82) is 0 Å². The maximum atomic E-state index is 12.4. The largest absolute Gasteiger partial charge is 0.381 e. The van der Waals surface area contributed by atoms with Gasteiger partial charge in [0, 0.05) is 25.3 Å². The molecule has 1 aliphatic heterocycles. The number of nitrogens with two attached hydrogens (primary N) is 1. The Balaban J connectivity index is 2.62. The van der Waals surface area contributed by atoms with Crippen molar-refractivity contribution in [2.24, 2.45) is 11.1 Å². The van der Waals surface area contributed by atoms with Crippen molar-refractivity contribution in [1.82, 2.24) is 10.6 Å². The number of rotatable bonds is 4. The first kappa shape index (κ1) is 16.9. The van der Waals surface area contributed by atoms with Gasteiger partial charge in [0.05, 0.1) is 5.41 Å². The first-order chi connectivity index (χ1) is 9.20. The van der Waals surface area contributed by atoms with E-state index in [-0.39, 0.29) is 23.9 Å². The molecule has 0 aliphatic carbocycles. The van der Waals surface area contributed by atoms with Crippen molar-refractivity contribution in [2.45, 2.75) is 52.1 Å². The van der Waals surface area contributed by atoms with Gasteiger partial charge >= 0.3 is 0 Å². The van der Waals surface area contributed by atoms with E-state index in [9.17, 15) is 9.59 Å². The van der Waals surface area contributed by atoms with Crippen LogP contribution in [0.5, 0.6) is 0 Å². The van der Waals surface area contributed by atoms with Crippen LogP contribution in [0.25, 0.3) is 0 Å². The van der Waals surface area contributed by atoms with Crippen LogP contribution in [0, 0.1) is 5.41 Å². The molecule has 1 saturated heterocycles. The van der Waals surface area contributed by atoms with E-state index >= 15 is 0 Å². The lowest BCUT2D eigenvalue weighted by atomic mass is 9.79. The molecule has 0 spiro atoms. The third kappa shape index (κ3) is 4.45. The summed E-state index contributed by atoms with van der Waals surface area (Å²) in [5.41, 5.74) is 4.85. The van der Waals surface area contributed by atoms with Crippen LogP contribution in [0.3, 0.4) is 0 Å². The van der Waals surface area contributed by atoms with Gasteiger partial charge in [-0.1, -0.05) is 0 Å². The number of ether oxygens (including phenoxy) is 1. The van der Waals surface area contributed by atoms with Crippen molar-refractivity contribution >= 4 is 11.8 Å². The molecule has 1 aliphatic rings. The molecule has 0 aromatic heterocycles. The van der Waals surface area contributed by atoms with E-state index in [1.807, 2.05) is 20.8 Å². The van der Waals surface area contributed by atoms with Crippen LogP contribution in [0.15, 0.2) is 0 Å². The Morgan fingerprint density at radius 2 is 1.85 bits per heavy atom. The molecule has 6 heteroatoms. The van der Waals surface area contributed by atoms with Gasteiger partial charge in [-0.25, -0.2) is 0 Å². The predicted molar refractivity (Wildman–Crippen MR) is 77.0 cm³/mol. The van der Waals surface area contributed by atoms with Gasteiger partial charge in [0.25, 0.3) is 0 Å². The predicted octanol–water partition coefficient (Wildman–Crippen LogP) is 0.161. The Hall–Kier alpha value is -1.14. The molecule has 20 heavy (non-hydrogen) atoms. The van der Waals surface area contributed by atoms with Gasteiger partial charge in [-0.2, -0.15) is 0 Å². The van der Waals surface area contributed by atoms with E-state index in [1.54, 1.807) is 6.92 Å². The Morgan fingerprint density at radius 1 is 1.30 bits per heavy atom. The Bertz CT molecular complexity index is 357. The lowest BCUT2D eigenvalue weighted by Gasteiger charge is -2.35. The van der Waals surface area contributed by atoms with Crippen LogP contribution in [-0.2, 0) is 14.3 Å². The molecule has 4 N–H and O–H groups in total. The topological polar surface area (TPSA) is 93.5 Å². The second-order valence-electron chi connectivity index (χ2n) is 6.53. The van der Waals surface area contributed by atoms with Crippen LogP contribution in [0.1, 0.15) is 40.5 Å². The van der Waals surface area contributed by atoms with Gasteiger partial charge < -0.3 is 21.1 Å². The zero-order chi connectivity index (χ0) is 15.4. The molecule has 1 fully saturated rings. The van der Waals surface area contributed by atoms with Crippen molar-refractivity contribution in [3.63, 3.8) is 0 Å². The van der Waals surface area contributed by atoms with Crippen LogP contribution >= 0.6 is 0 Å². The van der Waals surface area contributed by atoms with Crippen LogP contribution < -0.4 is 16.4 Å². The molecule has 6 nitrogen and oxygen atoms in total. The molecule has 2 amide bonds. The van der Waals surface area contributed by atoms with Gasteiger partial charge in [-0.15, -0.1) is 0 Å². The summed E-state index contributed by atoms with van der Waals surface area (Å²) in [5.74, 6) is -0.343. The van der Waals surface area contributed by atoms with E-state index < -0.39 is 11.5 Å². The Labute approximate surface area is 120 Å². The van der Waals surface area contributed by atoms with E-state index in [0.29, 0.717) is 26.1 Å². The lowest BCUT2D eigenvalue weighted by Crippen LogP contribution is -2.56. The van der Waals surface area contributed by atoms with E-state index in [4.69, 9.17) is 10.5 Å². The van der Waals surface area contributed by atoms with E-state index in [1.165, 1.54) is 0 Å². The standard InChI is InChI=1S/C14H27N3O3/c1-10(11(18)17-13(2,3)4)16-12(19)14(9-15)5-7-20-8-6-14/h10H,5-9,15H2,1-4H3,(H,16,19)(H,17,18). The molecule has 0 aromatic rings. The van der Waals surface area contributed by atoms with Gasteiger partial charge in [-0.05, 0) is 40.5 Å². The zero-order valence-corrected chi connectivity index (χ0v) is 12.9. The summed E-state index contributed by atoms with van der Waals surface area (Å²) in [7, 11) is 0. The smallest absolute Gasteiger partial charge is 0.242 e.